The fourth-order valence-corrected chi connectivity index (χ4v) is 11.5. The number of para-hydroxylation sites is 1. The van der Waals surface area contributed by atoms with Crippen LogP contribution in [0.5, 0.6) is 0 Å². The number of carbonyl (C=O) groups is 1. The molecule has 0 radical (unpaired) electrons. The molecule has 41 heavy (non-hydrogen) atoms. The number of ether oxygens (including phenoxy) is 3. The monoisotopic (exact) mass is 570 g/mol. The van der Waals surface area contributed by atoms with E-state index in [-0.39, 0.29) is 47.8 Å². The van der Waals surface area contributed by atoms with Gasteiger partial charge in [0.15, 0.2) is 0 Å². The lowest BCUT2D eigenvalue weighted by Crippen LogP contribution is -2.81. The molecule has 5 aliphatic rings. The van der Waals surface area contributed by atoms with Crippen molar-refractivity contribution < 1.29 is 29.2 Å². The summed E-state index contributed by atoms with van der Waals surface area (Å²) in [5.74, 6) is -0.651. The Labute approximate surface area is 244 Å². The van der Waals surface area contributed by atoms with Crippen molar-refractivity contribution in [1.29, 1.82) is 0 Å². The van der Waals surface area contributed by atoms with E-state index in [4.69, 9.17) is 19.9 Å². The Kier molecular flexibility index (Phi) is 7.10. The van der Waals surface area contributed by atoms with E-state index in [1.807, 2.05) is 19.1 Å². The zero-order chi connectivity index (χ0) is 29.5. The largest absolute Gasteiger partial charge is 0.454 e. The van der Waals surface area contributed by atoms with Gasteiger partial charge < -0.3 is 30.2 Å². The zero-order valence-electron chi connectivity index (χ0n) is 25.6. The van der Waals surface area contributed by atoms with Crippen LogP contribution in [0, 0.1) is 35.0 Å². The summed E-state index contributed by atoms with van der Waals surface area (Å²) in [6, 6.07) is 7.11. The number of nitrogens with zero attached hydrogens (tertiary/aromatic N) is 1. The maximum atomic E-state index is 13.8. The average Bonchev–Trinajstić information content (AvgIpc) is 3.37. The first kappa shape index (κ1) is 29.4. The summed E-state index contributed by atoms with van der Waals surface area (Å²) in [6.07, 6.45) is 3.75. The summed E-state index contributed by atoms with van der Waals surface area (Å²) in [7, 11) is 3.47. The first-order chi connectivity index (χ1) is 19.5. The third-order valence-electron chi connectivity index (χ3n) is 12.8. The maximum absolute atomic E-state index is 13.8. The van der Waals surface area contributed by atoms with E-state index in [1.54, 1.807) is 26.4 Å². The highest BCUT2D eigenvalue weighted by Crippen LogP contribution is 2.78. The molecule has 1 spiro atoms. The molecule has 0 aromatic heterocycles. The van der Waals surface area contributed by atoms with Gasteiger partial charge in [0.2, 0.25) is 0 Å². The summed E-state index contributed by atoms with van der Waals surface area (Å²) in [4.78, 5) is 16.3. The third-order valence-corrected chi connectivity index (χ3v) is 12.8. The second kappa shape index (κ2) is 9.91. The third kappa shape index (κ3) is 3.54. The summed E-state index contributed by atoms with van der Waals surface area (Å²) < 4.78 is 18.9. The van der Waals surface area contributed by atoms with Crippen molar-refractivity contribution in [2.45, 2.75) is 101 Å². The van der Waals surface area contributed by atoms with Gasteiger partial charge in [-0.15, -0.1) is 0 Å². The molecule has 228 valence electrons. The molecule has 1 aromatic rings. The number of fused-ring (bicyclic) bond motifs is 1. The lowest BCUT2D eigenvalue weighted by atomic mass is 9.43. The Morgan fingerprint density at radius 1 is 1.17 bits per heavy atom. The minimum atomic E-state index is -1.35. The molecule has 1 aliphatic heterocycles. The number of nitrogens with two attached hydrogens (primary N) is 1. The van der Waals surface area contributed by atoms with Crippen LogP contribution in [0.25, 0.3) is 0 Å². The van der Waals surface area contributed by atoms with Crippen molar-refractivity contribution in [3.05, 3.63) is 29.8 Å². The van der Waals surface area contributed by atoms with Crippen molar-refractivity contribution in [2.24, 2.45) is 35.0 Å². The van der Waals surface area contributed by atoms with Gasteiger partial charge in [0, 0.05) is 62.1 Å². The van der Waals surface area contributed by atoms with Gasteiger partial charge in [0.25, 0.3) is 0 Å². The number of piperidine rings is 1. The number of hydrogen-bond acceptors (Lipinski definition) is 8. The van der Waals surface area contributed by atoms with Crippen LogP contribution in [0.15, 0.2) is 24.3 Å². The van der Waals surface area contributed by atoms with Crippen LogP contribution in [0.3, 0.4) is 0 Å². The summed E-state index contributed by atoms with van der Waals surface area (Å²) in [5, 5.41) is 26.3. The Hall–Kier alpha value is -1.71. The standard InChI is InChI=1S/C33H50N2O6/c1-7-22-19(3)15-26-32-25-16-23(31(37,33(22,26)38)17-20(4)39-5)28(32)35(8-2)18-30(25,14-13-27(32)40-6)41-29(36)21-11-9-10-12-24(21)34/h9-12,19-20,22-23,25-28,37-38H,7-8,13-18,34H2,1-6H3/t19-,20+,22-,23?,25+,26-,27-,28-,30+,31-,32?,33+/m0/s1. The predicted molar refractivity (Wildman–Crippen MR) is 156 cm³/mol. The molecule has 6 rings (SSSR count). The average molecular weight is 571 g/mol. The predicted octanol–water partition coefficient (Wildman–Crippen LogP) is 3.88. The van der Waals surface area contributed by atoms with Crippen molar-refractivity contribution in [3.63, 3.8) is 0 Å². The Morgan fingerprint density at radius 2 is 1.90 bits per heavy atom. The van der Waals surface area contributed by atoms with Crippen LogP contribution < -0.4 is 5.73 Å². The smallest absolute Gasteiger partial charge is 0.340 e. The number of carbonyl (C=O) groups excluding carboxylic acids is 1. The van der Waals surface area contributed by atoms with Gasteiger partial charge in [-0.25, -0.2) is 4.79 Å². The van der Waals surface area contributed by atoms with E-state index in [0.29, 0.717) is 37.1 Å². The topological polar surface area (TPSA) is 114 Å². The van der Waals surface area contributed by atoms with E-state index in [2.05, 4.69) is 25.7 Å². The molecule has 12 atom stereocenters. The van der Waals surface area contributed by atoms with Gasteiger partial charge in [0.05, 0.1) is 17.8 Å². The molecule has 5 bridgehead atoms. The molecule has 8 nitrogen and oxygen atoms in total. The molecule has 1 heterocycles. The fourth-order valence-electron chi connectivity index (χ4n) is 11.5. The van der Waals surface area contributed by atoms with E-state index >= 15 is 0 Å². The normalized spacial score (nSPS) is 47.2. The first-order valence-electron chi connectivity index (χ1n) is 15.8. The van der Waals surface area contributed by atoms with Crippen LogP contribution in [0.4, 0.5) is 5.69 Å². The van der Waals surface area contributed by atoms with Gasteiger partial charge in [0.1, 0.15) is 16.8 Å². The maximum Gasteiger partial charge on any atom is 0.340 e. The molecule has 4 N–H and O–H groups in total. The van der Waals surface area contributed by atoms with Crippen molar-refractivity contribution in [3.8, 4) is 0 Å². The molecule has 4 aliphatic carbocycles. The Balaban J connectivity index is 1.56. The number of likely N-dealkylation sites (N-methyl/N-ethyl adjacent to an activating group) is 1. The van der Waals surface area contributed by atoms with Crippen LogP contribution in [0.1, 0.15) is 76.6 Å². The molecule has 1 saturated heterocycles. The van der Waals surface area contributed by atoms with E-state index < -0.39 is 28.2 Å². The fraction of sp³-hybridized carbons (Fsp3) is 0.788. The number of hydrogen-bond donors (Lipinski definition) is 3. The second-order valence-corrected chi connectivity index (χ2v) is 14.0. The van der Waals surface area contributed by atoms with Crippen LogP contribution >= 0.6 is 0 Å². The van der Waals surface area contributed by atoms with Gasteiger partial charge >= 0.3 is 5.97 Å². The summed E-state index contributed by atoms with van der Waals surface area (Å²) >= 11 is 0. The summed E-state index contributed by atoms with van der Waals surface area (Å²) in [6.45, 7) is 9.88. The molecule has 4 saturated carbocycles. The molecular weight excluding hydrogens is 520 g/mol. The highest BCUT2D eigenvalue weighted by atomic mass is 16.6. The van der Waals surface area contributed by atoms with Crippen LogP contribution in [-0.2, 0) is 14.2 Å². The van der Waals surface area contributed by atoms with Crippen LogP contribution in [-0.4, -0.2) is 83.4 Å². The first-order valence-corrected chi connectivity index (χ1v) is 15.8. The van der Waals surface area contributed by atoms with Crippen molar-refractivity contribution >= 4 is 11.7 Å². The highest BCUT2D eigenvalue weighted by Gasteiger charge is 2.86. The second-order valence-electron chi connectivity index (χ2n) is 14.0. The van der Waals surface area contributed by atoms with Gasteiger partial charge in [-0.05, 0) is 63.1 Å². The lowest BCUT2D eigenvalue weighted by Gasteiger charge is -2.70. The van der Waals surface area contributed by atoms with Gasteiger partial charge in [-0.3, -0.25) is 4.90 Å². The number of aliphatic hydroxyl groups is 2. The van der Waals surface area contributed by atoms with Crippen molar-refractivity contribution in [1.82, 2.24) is 4.90 Å². The molecular formula is C33H50N2O6. The molecule has 1 aromatic carbocycles. The van der Waals surface area contributed by atoms with E-state index in [1.165, 1.54) is 0 Å². The number of anilines is 1. The number of methoxy groups -OCH3 is 2. The Bertz CT molecular complexity index is 1180. The highest BCUT2D eigenvalue weighted by molar-refractivity contribution is 5.95. The number of nitrogen functional groups attached to an aromatic ring is 1. The molecule has 5 fully saturated rings. The quantitative estimate of drug-likeness (QED) is 0.319. The molecule has 0 amide bonds. The number of likely N-dealkylation sites (tertiary alicyclic amines) is 1. The molecule has 2 unspecified atom stereocenters. The van der Waals surface area contributed by atoms with E-state index in [0.717, 1.165) is 25.8 Å². The van der Waals surface area contributed by atoms with Gasteiger partial charge in [-0.2, -0.15) is 0 Å². The zero-order valence-corrected chi connectivity index (χ0v) is 25.6. The number of benzene rings is 1. The molecule has 8 heteroatoms. The van der Waals surface area contributed by atoms with Crippen molar-refractivity contribution in [2.75, 3.05) is 33.0 Å². The van der Waals surface area contributed by atoms with Crippen LogP contribution in [0.2, 0.25) is 0 Å². The Morgan fingerprint density at radius 3 is 2.54 bits per heavy atom. The lowest BCUT2D eigenvalue weighted by molar-refractivity contribution is -0.323. The SMILES string of the molecule is CC[C@H]1[C@@H](C)C[C@H]2C34[C@@H](OC)CC[C@@]5(OC(=O)c6ccccc6N)CN(CC)[C@H]3C(C[C@@H]45)[C@@](O)(C[C@@H](C)OC)[C@@]12O. The minimum Gasteiger partial charge on any atom is -0.454 e. The van der Waals surface area contributed by atoms with Gasteiger partial charge in [-0.1, -0.05) is 39.3 Å². The number of esters is 1. The van der Waals surface area contributed by atoms with E-state index in [9.17, 15) is 15.0 Å². The number of rotatable bonds is 8. The minimum absolute atomic E-state index is 0.0125. The summed E-state index contributed by atoms with van der Waals surface area (Å²) in [5.41, 5.74) is 3.17.